The number of hydrogen-bond acceptors (Lipinski definition) is 0. The molecule has 0 rings (SSSR count). The minimum atomic E-state index is 0. The zero-order valence-electron chi connectivity index (χ0n) is 3.76. The normalized spacial score (nSPS) is 0. The van der Waals surface area contributed by atoms with Crippen LogP contribution in [0.15, 0.2) is 0 Å². The van der Waals surface area contributed by atoms with Gasteiger partial charge in [-0.05, 0) is 0 Å². The molecule has 23 valence electrons. The van der Waals surface area contributed by atoms with Crippen molar-refractivity contribution in [3.63, 3.8) is 0 Å². The van der Waals surface area contributed by atoms with Gasteiger partial charge in [-0.15, -0.1) is 0 Å². The van der Waals surface area contributed by atoms with Crippen LogP contribution in [0.2, 0.25) is 0 Å². The molecule has 0 aromatic carbocycles. The summed E-state index contributed by atoms with van der Waals surface area (Å²) in [4.78, 5) is 0. The average Bonchev–Trinajstić information content (AvgIpc) is 0. The third-order valence-electron chi connectivity index (χ3n) is 0. The van der Waals surface area contributed by atoms with Gasteiger partial charge < -0.3 is 35.6 Å². The fourth-order valence-corrected chi connectivity index (χ4v) is 0. The molecule has 3 radical (unpaired) electrons. The Kier molecular flexibility index (Phi) is 230. The van der Waals surface area contributed by atoms with E-state index in [0.29, 0.717) is 0 Å². The standard InChI is InChI=1S/As.Ge.Na.2Se.H/q;+4;+1;2*-2;-1. The van der Waals surface area contributed by atoms with Gasteiger partial charge in [0.05, 0.1) is 0 Å². The third-order valence-corrected chi connectivity index (χ3v) is 0. The molecule has 0 unspecified atom stereocenters. The van der Waals surface area contributed by atoms with Gasteiger partial charge in [-0.25, -0.2) is 0 Å². The molecule has 0 bridgehead atoms. The summed E-state index contributed by atoms with van der Waals surface area (Å²) in [6, 6.07) is 0. The van der Waals surface area contributed by atoms with Gasteiger partial charge >= 0.3 is 47.2 Å². The van der Waals surface area contributed by atoms with E-state index >= 15 is 0 Å². The molecular weight excluding hydrogens is 328 g/mol. The maximum atomic E-state index is 0. The van der Waals surface area contributed by atoms with E-state index in [-0.39, 0.29) is 101 Å². The molecule has 0 aromatic heterocycles. The van der Waals surface area contributed by atoms with Crippen molar-refractivity contribution in [1.29, 1.82) is 0 Å². The maximum Gasteiger partial charge on any atom is 4.00 e. The molecule has 5 heteroatoms. The molecule has 0 saturated heterocycles. The zero-order chi connectivity index (χ0) is 0. The minimum Gasteiger partial charge on any atom is -2.00 e. The molecule has 0 aliphatic heterocycles. The van der Waals surface area contributed by atoms with Gasteiger partial charge in [-0.3, -0.25) is 0 Å². The SMILES string of the molecule is [As].[Ge+4].[H-].[Na+].[Se-2].[Se-2]. The van der Waals surface area contributed by atoms with Crippen LogP contribution < -0.4 is 29.6 Å². The summed E-state index contributed by atoms with van der Waals surface area (Å²) in [5.41, 5.74) is 0. The van der Waals surface area contributed by atoms with E-state index in [1.165, 1.54) is 0 Å². The van der Waals surface area contributed by atoms with Crippen molar-refractivity contribution >= 4 is 69.7 Å². The molecule has 0 spiro atoms. The van der Waals surface area contributed by atoms with Crippen LogP contribution in [0, 0.1) is 0 Å². The average molecular weight is 329 g/mol. The van der Waals surface area contributed by atoms with E-state index in [2.05, 4.69) is 0 Å². The predicted molar refractivity (Wildman–Crippen MR) is 24.1 cm³/mol. The topological polar surface area (TPSA) is 0 Å². The Morgan fingerprint density at radius 1 is 1.00 bits per heavy atom. The largest absolute Gasteiger partial charge is 4.00 e. The molecule has 0 aliphatic rings. The molecule has 0 saturated carbocycles. The third kappa shape index (κ3) is 19.1. The predicted octanol–water partition coefficient (Wildman–Crippen LogP) is -4.41. The van der Waals surface area contributed by atoms with Crippen molar-refractivity contribution in [2.45, 2.75) is 0 Å². The van der Waals surface area contributed by atoms with Crippen LogP contribution in [0.25, 0.3) is 0 Å². The molecule has 0 atom stereocenters. The summed E-state index contributed by atoms with van der Waals surface area (Å²) in [7, 11) is 0. The van der Waals surface area contributed by atoms with Gasteiger partial charge in [0.2, 0.25) is 0 Å². The van der Waals surface area contributed by atoms with Crippen LogP contribution >= 0.6 is 0 Å². The summed E-state index contributed by atoms with van der Waals surface area (Å²) < 4.78 is 0. The van der Waals surface area contributed by atoms with Gasteiger partial charge in [0.15, 0.2) is 0 Å². The summed E-state index contributed by atoms with van der Waals surface area (Å²) in [5, 5.41) is 0. The molecule has 0 aromatic rings. The Bertz CT molecular complexity index is 13.5. The Labute approximate surface area is 99.0 Å². The maximum absolute atomic E-state index is 0. The van der Waals surface area contributed by atoms with Crippen molar-refractivity contribution in [3.8, 4) is 0 Å². The number of rotatable bonds is 0. The van der Waals surface area contributed by atoms with Crippen molar-refractivity contribution in [2.24, 2.45) is 0 Å². The minimum absolute atomic E-state index is 0. The van der Waals surface area contributed by atoms with Crippen LogP contribution in [0.5, 0.6) is 0 Å². The van der Waals surface area contributed by atoms with Crippen LogP contribution in [0.3, 0.4) is 0 Å². The molecule has 5 heavy (non-hydrogen) atoms. The van der Waals surface area contributed by atoms with Gasteiger partial charge in [0.25, 0.3) is 0 Å². The van der Waals surface area contributed by atoms with Gasteiger partial charge in [0, 0.05) is 18.0 Å². The van der Waals surface area contributed by atoms with E-state index < -0.39 is 0 Å². The summed E-state index contributed by atoms with van der Waals surface area (Å²) in [5.74, 6) is 0. The summed E-state index contributed by atoms with van der Waals surface area (Å²) >= 11 is 0. The van der Waals surface area contributed by atoms with Gasteiger partial charge in [-0.2, -0.15) is 0 Å². The molecule has 0 heterocycles. The number of hydrogen-bond donors (Lipinski definition) is 0. The Morgan fingerprint density at radius 2 is 1.00 bits per heavy atom. The molecular formula is HAsGeNaSe2. The van der Waals surface area contributed by atoms with E-state index in [0.717, 1.165) is 0 Å². The van der Waals surface area contributed by atoms with Crippen LogP contribution in [0.1, 0.15) is 1.43 Å². The Morgan fingerprint density at radius 3 is 1.00 bits per heavy atom. The van der Waals surface area contributed by atoms with Crippen molar-refractivity contribution in [3.05, 3.63) is 0 Å². The van der Waals surface area contributed by atoms with E-state index in [1.54, 1.807) is 0 Å². The second-order valence-electron chi connectivity index (χ2n) is 0. The van der Waals surface area contributed by atoms with E-state index in [4.69, 9.17) is 0 Å². The first-order valence-electron chi connectivity index (χ1n) is 0. The fourth-order valence-electron chi connectivity index (χ4n) is 0. The van der Waals surface area contributed by atoms with Crippen LogP contribution in [-0.4, -0.2) is 69.7 Å². The molecule has 0 aliphatic carbocycles. The summed E-state index contributed by atoms with van der Waals surface area (Å²) in [6.07, 6.45) is 0. The van der Waals surface area contributed by atoms with Gasteiger partial charge in [-0.1, -0.05) is 0 Å². The monoisotopic (exact) mass is 333 g/mol. The Balaban J connectivity index is 0. The van der Waals surface area contributed by atoms with Gasteiger partial charge in [0.1, 0.15) is 0 Å². The first-order chi connectivity index (χ1) is 0. The summed E-state index contributed by atoms with van der Waals surface area (Å²) in [6.45, 7) is 0. The van der Waals surface area contributed by atoms with Crippen LogP contribution in [0.4, 0.5) is 0 Å². The molecule has 0 N–H and O–H groups in total. The van der Waals surface area contributed by atoms with E-state index in [9.17, 15) is 0 Å². The zero-order valence-corrected chi connectivity index (χ0v) is 12.2. The van der Waals surface area contributed by atoms with Crippen molar-refractivity contribution in [2.75, 3.05) is 0 Å². The molecule has 0 amide bonds. The van der Waals surface area contributed by atoms with Crippen molar-refractivity contribution in [1.82, 2.24) is 0 Å². The molecule has 0 fully saturated rings. The molecule has 0 nitrogen and oxygen atoms in total. The quantitative estimate of drug-likeness (QED) is 0.394. The smallest absolute Gasteiger partial charge is 2.00 e. The first-order valence-corrected chi connectivity index (χ1v) is 0. The Hall–Kier alpha value is 3.14. The second-order valence-corrected chi connectivity index (χ2v) is 0. The fraction of sp³-hybridized carbons (Fsp3) is 0. The van der Waals surface area contributed by atoms with E-state index in [1.807, 2.05) is 0 Å². The first kappa shape index (κ1) is 42.1. The van der Waals surface area contributed by atoms with Crippen LogP contribution in [-0.2, 0) is 0 Å². The second kappa shape index (κ2) is 27.3. The van der Waals surface area contributed by atoms with Crippen molar-refractivity contribution < 1.29 is 31.0 Å².